The van der Waals surface area contributed by atoms with E-state index in [1.807, 2.05) is 0 Å². The number of benzene rings is 1. The third kappa shape index (κ3) is 3.53. The van der Waals surface area contributed by atoms with E-state index in [-0.39, 0.29) is 11.5 Å². The van der Waals surface area contributed by atoms with Crippen LogP contribution in [0.2, 0.25) is 0 Å². The van der Waals surface area contributed by atoms with Crippen molar-refractivity contribution in [1.29, 1.82) is 0 Å². The Morgan fingerprint density at radius 1 is 1.44 bits per heavy atom. The Morgan fingerprint density at radius 3 is 2.89 bits per heavy atom. The molecular formula is C13H15BrFNO2. The lowest BCUT2D eigenvalue weighted by Crippen LogP contribution is -2.32. The van der Waals surface area contributed by atoms with E-state index in [1.54, 1.807) is 6.07 Å². The first-order valence-corrected chi connectivity index (χ1v) is 6.77. The molecule has 0 unspecified atom stereocenters. The molecule has 18 heavy (non-hydrogen) atoms. The monoisotopic (exact) mass is 315 g/mol. The summed E-state index contributed by atoms with van der Waals surface area (Å²) in [7, 11) is 0. The third-order valence-corrected chi connectivity index (χ3v) is 3.56. The Balaban J connectivity index is 1.92. The molecule has 1 saturated heterocycles. The first-order valence-electron chi connectivity index (χ1n) is 5.98. The van der Waals surface area contributed by atoms with E-state index in [4.69, 9.17) is 4.74 Å². The van der Waals surface area contributed by atoms with Crippen LogP contribution in [0.15, 0.2) is 22.7 Å². The molecule has 2 rings (SSSR count). The van der Waals surface area contributed by atoms with Gasteiger partial charge < -0.3 is 10.1 Å². The van der Waals surface area contributed by atoms with Gasteiger partial charge in [0, 0.05) is 24.2 Å². The summed E-state index contributed by atoms with van der Waals surface area (Å²) in [5.41, 5.74) is 0.0800. The molecule has 3 nitrogen and oxygen atoms in total. The van der Waals surface area contributed by atoms with Crippen molar-refractivity contribution in [1.82, 2.24) is 5.32 Å². The average molecular weight is 316 g/mol. The van der Waals surface area contributed by atoms with Gasteiger partial charge in [0.15, 0.2) is 0 Å². The minimum absolute atomic E-state index is 0.0800. The van der Waals surface area contributed by atoms with Crippen LogP contribution in [0.1, 0.15) is 23.2 Å². The molecule has 1 amide bonds. The maximum Gasteiger partial charge on any atom is 0.254 e. The number of carbonyl (C=O) groups excluding carboxylic acids is 1. The van der Waals surface area contributed by atoms with E-state index in [0.717, 1.165) is 26.1 Å². The zero-order valence-electron chi connectivity index (χ0n) is 9.92. The van der Waals surface area contributed by atoms with Crippen molar-refractivity contribution in [2.75, 3.05) is 19.8 Å². The molecule has 1 aliphatic heterocycles. The number of hydrogen-bond donors (Lipinski definition) is 1. The van der Waals surface area contributed by atoms with Gasteiger partial charge in [0.1, 0.15) is 5.82 Å². The molecule has 0 atom stereocenters. The number of amides is 1. The first-order chi connectivity index (χ1) is 8.66. The van der Waals surface area contributed by atoms with Crippen LogP contribution in [-0.4, -0.2) is 25.7 Å². The van der Waals surface area contributed by atoms with Gasteiger partial charge in [-0.05, 0) is 37.0 Å². The number of ether oxygens (including phenoxy) is 1. The molecule has 0 saturated carbocycles. The Kier molecular flexibility index (Phi) is 4.72. The van der Waals surface area contributed by atoms with Crippen molar-refractivity contribution in [3.05, 3.63) is 34.1 Å². The van der Waals surface area contributed by atoms with Gasteiger partial charge in [-0.2, -0.15) is 0 Å². The summed E-state index contributed by atoms with van der Waals surface area (Å²) in [5, 5.41) is 2.78. The van der Waals surface area contributed by atoms with Gasteiger partial charge in [-0.15, -0.1) is 0 Å². The standard InChI is InChI=1S/C13H15BrFNO2/c14-10-1-2-12(15)11(7-10)13(17)16-8-9-3-5-18-6-4-9/h1-2,7,9H,3-6,8H2,(H,16,17). The van der Waals surface area contributed by atoms with Gasteiger partial charge in [-0.1, -0.05) is 15.9 Å². The summed E-state index contributed by atoms with van der Waals surface area (Å²) in [4.78, 5) is 11.9. The van der Waals surface area contributed by atoms with E-state index in [0.29, 0.717) is 16.9 Å². The summed E-state index contributed by atoms with van der Waals surface area (Å²) in [6.07, 6.45) is 1.89. The Labute approximate surface area is 114 Å². The predicted octanol–water partition coefficient (Wildman–Crippen LogP) is 2.74. The van der Waals surface area contributed by atoms with Crippen LogP contribution in [0.3, 0.4) is 0 Å². The summed E-state index contributed by atoms with van der Waals surface area (Å²) >= 11 is 3.23. The number of halogens is 2. The Bertz CT molecular complexity index is 433. The van der Waals surface area contributed by atoms with Crippen molar-refractivity contribution in [3.8, 4) is 0 Å². The molecule has 1 heterocycles. The molecule has 98 valence electrons. The molecular weight excluding hydrogens is 301 g/mol. The van der Waals surface area contributed by atoms with Gasteiger partial charge in [-0.25, -0.2) is 4.39 Å². The first kappa shape index (κ1) is 13.5. The molecule has 0 radical (unpaired) electrons. The van der Waals surface area contributed by atoms with Gasteiger partial charge in [0.05, 0.1) is 5.56 Å². The molecule has 1 N–H and O–H groups in total. The fourth-order valence-corrected chi connectivity index (χ4v) is 2.32. The minimum atomic E-state index is -0.498. The highest BCUT2D eigenvalue weighted by Gasteiger charge is 2.17. The second-order valence-electron chi connectivity index (χ2n) is 4.39. The molecule has 1 aromatic rings. The fourth-order valence-electron chi connectivity index (χ4n) is 1.95. The lowest BCUT2D eigenvalue weighted by Gasteiger charge is -2.22. The number of rotatable bonds is 3. The topological polar surface area (TPSA) is 38.3 Å². The van der Waals surface area contributed by atoms with Crippen molar-refractivity contribution in [2.45, 2.75) is 12.8 Å². The highest BCUT2D eigenvalue weighted by atomic mass is 79.9. The van der Waals surface area contributed by atoms with Crippen molar-refractivity contribution in [2.24, 2.45) is 5.92 Å². The van der Waals surface area contributed by atoms with Crippen molar-refractivity contribution in [3.63, 3.8) is 0 Å². The van der Waals surface area contributed by atoms with Gasteiger partial charge >= 0.3 is 0 Å². The number of hydrogen-bond acceptors (Lipinski definition) is 2. The van der Waals surface area contributed by atoms with Crippen LogP contribution in [0.25, 0.3) is 0 Å². The van der Waals surface area contributed by atoms with E-state index >= 15 is 0 Å². The van der Waals surface area contributed by atoms with Crippen LogP contribution in [-0.2, 0) is 4.74 Å². The zero-order chi connectivity index (χ0) is 13.0. The predicted molar refractivity (Wildman–Crippen MR) is 70.0 cm³/mol. The molecule has 1 fully saturated rings. The SMILES string of the molecule is O=C(NCC1CCOCC1)c1cc(Br)ccc1F. The quantitative estimate of drug-likeness (QED) is 0.931. The molecule has 0 bridgehead atoms. The lowest BCUT2D eigenvalue weighted by molar-refractivity contribution is 0.0642. The van der Waals surface area contributed by atoms with Crippen LogP contribution in [0, 0.1) is 11.7 Å². The summed E-state index contributed by atoms with van der Waals surface area (Å²) in [6, 6.07) is 4.35. The summed E-state index contributed by atoms with van der Waals surface area (Å²) in [6.45, 7) is 2.06. The second kappa shape index (κ2) is 6.29. The van der Waals surface area contributed by atoms with Crippen molar-refractivity contribution < 1.29 is 13.9 Å². The maximum absolute atomic E-state index is 13.5. The van der Waals surface area contributed by atoms with Crippen LogP contribution >= 0.6 is 15.9 Å². The molecule has 0 aromatic heterocycles. The van der Waals surface area contributed by atoms with Crippen LogP contribution in [0.4, 0.5) is 4.39 Å². The van der Waals surface area contributed by atoms with E-state index in [9.17, 15) is 9.18 Å². The highest BCUT2D eigenvalue weighted by Crippen LogP contribution is 2.16. The van der Waals surface area contributed by atoms with Crippen LogP contribution in [0.5, 0.6) is 0 Å². The zero-order valence-corrected chi connectivity index (χ0v) is 11.5. The number of nitrogens with one attached hydrogen (secondary N) is 1. The smallest absolute Gasteiger partial charge is 0.254 e. The average Bonchev–Trinajstić information content (AvgIpc) is 2.40. The second-order valence-corrected chi connectivity index (χ2v) is 5.31. The van der Waals surface area contributed by atoms with Crippen molar-refractivity contribution >= 4 is 21.8 Å². The largest absolute Gasteiger partial charge is 0.381 e. The normalized spacial score (nSPS) is 16.6. The van der Waals surface area contributed by atoms with E-state index < -0.39 is 5.82 Å². The van der Waals surface area contributed by atoms with E-state index in [1.165, 1.54) is 12.1 Å². The molecule has 1 aromatic carbocycles. The molecule has 5 heteroatoms. The lowest BCUT2D eigenvalue weighted by atomic mass is 10.0. The van der Waals surface area contributed by atoms with E-state index in [2.05, 4.69) is 21.2 Å². The van der Waals surface area contributed by atoms with Gasteiger partial charge in [-0.3, -0.25) is 4.79 Å². The third-order valence-electron chi connectivity index (χ3n) is 3.07. The molecule has 0 aliphatic carbocycles. The minimum Gasteiger partial charge on any atom is -0.381 e. The highest BCUT2D eigenvalue weighted by molar-refractivity contribution is 9.10. The summed E-state index contributed by atoms with van der Waals surface area (Å²) in [5.74, 6) is -0.430. The molecule has 0 spiro atoms. The number of carbonyl (C=O) groups is 1. The fraction of sp³-hybridized carbons (Fsp3) is 0.462. The maximum atomic E-state index is 13.5. The Morgan fingerprint density at radius 2 is 2.17 bits per heavy atom. The van der Waals surface area contributed by atoms with Gasteiger partial charge in [0.2, 0.25) is 0 Å². The molecule has 1 aliphatic rings. The summed E-state index contributed by atoms with van der Waals surface area (Å²) < 4.78 is 19.4. The Hall–Kier alpha value is -0.940. The van der Waals surface area contributed by atoms with Gasteiger partial charge in [0.25, 0.3) is 5.91 Å². The van der Waals surface area contributed by atoms with Crippen LogP contribution < -0.4 is 5.32 Å².